The quantitative estimate of drug-likeness (QED) is 0.787. The number of hydrogen-bond acceptors (Lipinski definition) is 2. The van der Waals surface area contributed by atoms with Gasteiger partial charge in [-0.05, 0) is 37.0 Å². The Morgan fingerprint density at radius 1 is 1.26 bits per heavy atom. The summed E-state index contributed by atoms with van der Waals surface area (Å²) >= 11 is 5.61. The van der Waals surface area contributed by atoms with Gasteiger partial charge >= 0.3 is 0 Å². The Morgan fingerprint density at radius 3 is 2.37 bits per heavy atom. The van der Waals surface area contributed by atoms with E-state index in [1.165, 1.54) is 12.1 Å². The molecule has 0 amide bonds. The van der Waals surface area contributed by atoms with Crippen molar-refractivity contribution >= 4 is 21.6 Å². The van der Waals surface area contributed by atoms with Crippen molar-refractivity contribution in [3.63, 3.8) is 0 Å². The summed E-state index contributed by atoms with van der Waals surface area (Å²) in [5, 5.41) is 0. The fourth-order valence-electron chi connectivity index (χ4n) is 1.79. The molecule has 2 unspecified atom stereocenters. The van der Waals surface area contributed by atoms with Gasteiger partial charge in [-0.15, -0.1) is 11.6 Å². The maximum atomic E-state index is 12.8. The van der Waals surface area contributed by atoms with E-state index in [-0.39, 0.29) is 23.5 Å². The molecule has 0 aliphatic carbocycles. The Kier molecular flexibility index (Phi) is 6.23. The van der Waals surface area contributed by atoms with E-state index in [1.54, 1.807) is 26.0 Å². The zero-order valence-electron chi connectivity index (χ0n) is 11.1. The van der Waals surface area contributed by atoms with Crippen LogP contribution in [-0.4, -0.2) is 26.1 Å². The lowest BCUT2D eigenvalue weighted by Gasteiger charge is -2.16. The summed E-state index contributed by atoms with van der Waals surface area (Å²) in [6, 6.07) is 5.80. The number of halogens is 2. The zero-order valence-corrected chi connectivity index (χ0v) is 12.6. The summed E-state index contributed by atoms with van der Waals surface area (Å²) < 4.78 is 39.0. The van der Waals surface area contributed by atoms with Crippen molar-refractivity contribution < 1.29 is 12.8 Å². The van der Waals surface area contributed by atoms with Crippen LogP contribution in [0.25, 0.3) is 0 Å². The third-order valence-corrected chi connectivity index (χ3v) is 4.90. The van der Waals surface area contributed by atoms with Crippen LogP contribution in [0.1, 0.15) is 19.4 Å². The summed E-state index contributed by atoms with van der Waals surface area (Å²) in [7, 11) is -3.33. The topological polar surface area (TPSA) is 46.2 Å². The normalized spacial score (nSPS) is 15.2. The van der Waals surface area contributed by atoms with Crippen molar-refractivity contribution in [2.45, 2.75) is 26.3 Å². The van der Waals surface area contributed by atoms with Gasteiger partial charge in [0.15, 0.2) is 0 Å². The molecular formula is C13H19ClFNO2S. The van der Waals surface area contributed by atoms with E-state index in [4.69, 9.17) is 11.6 Å². The van der Waals surface area contributed by atoms with Crippen molar-refractivity contribution in [1.29, 1.82) is 0 Å². The van der Waals surface area contributed by atoms with E-state index in [2.05, 4.69) is 4.72 Å². The van der Waals surface area contributed by atoms with Crippen molar-refractivity contribution in [3.05, 3.63) is 35.6 Å². The molecule has 0 radical (unpaired) electrons. The number of hydrogen-bond donors (Lipinski definition) is 1. The Morgan fingerprint density at radius 2 is 1.84 bits per heavy atom. The molecule has 108 valence electrons. The molecule has 0 aromatic heterocycles. The number of rotatable bonds is 7. The molecule has 19 heavy (non-hydrogen) atoms. The van der Waals surface area contributed by atoms with E-state index in [0.717, 1.165) is 5.56 Å². The Balaban J connectivity index is 2.55. The SMILES string of the molecule is CC(CCl)CS(=O)(=O)NC(C)Cc1ccc(F)cc1. The highest BCUT2D eigenvalue weighted by molar-refractivity contribution is 7.89. The van der Waals surface area contributed by atoms with Gasteiger partial charge in [0.2, 0.25) is 10.0 Å². The lowest BCUT2D eigenvalue weighted by Crippen LogP contribution is -2.37. The molecule has 1 aromatic carbocycles. The van der Waals surface area contributed by atoms with Gasteiger partial charge in [-0.1, -0.05) is 19.1 Å². The lowest BCUT2D eigenvalue weighted by molar-refractivity contribution is 0.548. The highest BCUT2D eigenvalue weighted by Crippen LogP contribution is 2.08. The Labute approximate surface area is 119 Å². The molecule has 0 aliphatic rings. The first-order chi connectivity index (χ1) is 8.82. The van der Waals surface area contributed by atoms with Gasteiger partial charge < -0.3 is 0 Å². The summed E-state index contributed by atoms with van der Waals surface area (Å²) in [5.41, 5.74) is 0.891. The van der Waals surface area contributed by atoms with E-state index in [0.29, 0.717) is 12.3 Å². The van der Waals surface area contributed by atoms with Crippen molar-refractivity contribution in [2.75, 3.05) is 11.6 Å². The molecule has 0 saturated heterocycles. The summed E-state index contributed by atoms with van der Waals surface area (Å²) in [5.74, 6) is -0.0533. The monoisotopic (exact) mass is 307 g/mol. The van der Waals surface area contributed by atoms with Crippen molar-refractivity contribution in [2.24, 2.45) is 5.92 Å². The standard InChI is InChI=1S/C13H19ClFNO2S/c1-10(8-14)9-19(17,18)16-11(2)7-12-3-5-13(15)6-4-12/h3-6,10-11,16H,7-9H2,1-2H3. The number of benzene rings is 1. The molecule has 1 aromatic rings. The zero-order chi connectivity index (χ0) is 14.5. The van der Waals surface area contributed by atoms with Gasteiger partial charge in [-0.25, -0.2) is 17.5 Å². The van der Waals surface area contributed by atoms with Crippen LogP contribution >= 0.6 is 11.6 Å². The Hall–Kier alpha value is -0.650. The summed E-state index contributed by atoms with van der Waals surface area (Å²) in [6.07, 6.45) is 0.523. The van der Waals surface area contributed by atoms with Gasteiger partial charge in [0.25, 0.3) is 0 Å². The fraction of sp³-hybridized carbons (Fsp3) is 0.538. The average molecular weight is 308 g/mol. The maximum absolute atomic E-state index is 12.8. The molecular weight excluding hydrogens is 289 g/mol. The largest absolute Gasteiger partial charge is 0.212 e. The number of nitrogens with one attached hydrogen (secondary N) is 1. The molecule has 3 nitrogen and oxygen atoms in total. The maximum Gasteiger partial charge on any atom is 0.212 e. The fourth-order valence-corrected chi connectivity index (χ4v) is 3.69. The van der Waals surface area contributed by atoms with Crippen LogP contribution in [0.15, 0.2) is 24.3 Å². The van der Waals surface area contributed by atoms with Crippen LogP contribution in [0.5, 0.6) is 0 Å². The minimum absolute atomic E-state index is 0.0181. The van der Waals surface area contributed by atoms with E-state index >= 15 is 0 Å². The second-order valence-electron chi connectivity index (χ2n) is 4.89. The molecule has 0 saturated carbocycles. The predicted molar refractivity (Wildman–Crippen MR) is 76.4 cm³/mol. The van der Waals surface area contributed by atoms with E-state index in [1.807, 2.05) is 0 Å². The number of sulfonamides is 1. The van der Waals surface area contributed by atoms with E-state index < -0.39 is 10.0 Å². The van der Waals surface area contributed by atoms with Gasteiger partial charge in [0, 0.05) is 11.9 Å². The first-order valence-corrected chi connectivity index (χ1v) is 8.31. The number of alkyl halides is 1. The molecule has 0 heterocycles. The van der Waals surface area contributed by atoms with Gasteiger partial charge in [-0.3, -0.25) is 0 Å². The third kappa shape index (κ3) is 6.36. The molecule has 1 N–H and O–H groups in total. The average Bonchev–Trinajstić information content (AvgIpc) is 2.30. The summed E-state index contributed by atoms with van der Waals surface area (Å²) in [4.78, 5) is 0. The Bertz CT molecular complexity index is 490. The molecule has 0 spiro atoms. The van der Waals surface area contributed by atoms with Crippen LogP contribution < -0.4 is 4.72 Å². The van der Waals surface area contributed by atoms with Crippen LogP contribution in [-0.2, 0) is 16.4 Å². The molecule has 0 aliphatic heterocycles. The van der Waals surface area contributed by atoms with Crippen LogP contribution in [0.3, 0.4) is 0 Å². The minimum atomic E-state index is -3.33. The van der Waals surface area contributed by atoms with Gasteiger partial charge in [-0.2, -0.15) is 0 Å². The highest BCUT2D eigenvalue weighted by atomic mass is 35.5. The molecule has 6 heteroatoms. The van der Waals surface area contributed by atoms with Gasteiger partial charge in [0.1, 0.15) is 5.82 Å². The second kappa shape index (κ2) is 7.22. The highest BCUT2D eigenvalue weighted by Gasteiger charge is 2.18. The predicted octanol–water partition coefficient (Wildman–Crippen LogP) is 2.55. The third-order valence-electron chi connectivity index (χ3n) is 2.60. The smallest absolute Gasteiger partial charge is 0.212 e. The molecule has 0 bridgehead atoms. The first-order valence-electron chi connectivity index (χ1n) is 6.13. The van der Waals surface area contributed by atoms with Crippen LogP contribution in [0.2, 0.25) is 0 Å². The second-order valence-corrected chi connectivity index (χ2v) is 7.00. The van der Waals surface area contributed by atoms with Crippen molar-refractivity contribution in [1.82, 2.24) is 4.72 Å². The van der Waals surface area contributed by atoms with Crippen molar-refractivity contribution in [3.8, 4) is 0 Å². The lowest BCUT2D eigenvalue weighted by atomic mass is 10.1. The first kappa shape index (κ1) is 16.4. The molecule has 0 fully saturated rings. The molecule has 2 atom stereocenters. The molecule has 1 rings (SSSR count). The minimum Gasteiger partial charge on any atom is -0.212 e. The van der Waals surface area contributed by atoms with Crippen LogP contribution in [0, 0.1) is 11.7 Å². The van der Waals surface area contributed by atoms with E-state index in [9.17, 15) is 12.8 Å². The van der Waals surface area contributed by atoms with Gasteiger partial charge in [0.05, 0.1) is 5.75 Å². The summed E-state index contributed by atoms with van der Waals surface area (Å²) in [6.45, 7) is 3.57. The van der Waals surface area contributed by atoms with Crippen LogP contribution in [0.4, 0.5) is 4.39 Å².